The van der Waals surface area contributed by atoms with Gasteiger partial charge in [-0.1, -0.05) is 11.6 Å². The van der Waals surface area contributed by atoms with E-state index in [1.807, 2.05) is 19.9 Å². The molecule has 3 N–H and O–H groups in total. The Hall–Kier alpha value is -2.27. The Bertz CT molecular complexity index is 743. The molecule has 1 aromatic rings. The van der Waals surface area contributed by atoms with Crippen LogP contribution in [0.15, 0.2) is 30.0 Å². The molecule has 0 saturated heterocycles. The summed E-state index contributed by atoms with van der Waals surface area (Å²) in [7, 11) is 0. The molecule has 25 heavy (non-hydrogen) atoms. The first-order chi connectivity index (χ1) is 11.9. The van der Waals surface area contributed by atoms with Crippen LogP contribution in [0.2, 0.25) is 0 Å². The number of hydrogen-bond donors (Lipinski definition) is 3. The summed E-state index contributed by atoms with van der Waals surface area (Å²) in [5.41, 5.74) is 2.18. The van der Waals surface area contributed by atoms with E-state index in [0.717, 1.165) is 5.57 Å². The molecular weight excluding hydrogens is 320 g/mol. The van der Waals surface area contributed by atoms with Crippen LogP contribution in [0.25, 0.3) is 5.57 Å². The van der Waals surface area contributed by atoms with Crippen molar-refractivity contribution in [2.45, 2.75) is 51.7 Å². The number of carbonyl (C=O) groups is 1. The van der Waals surface area contributed by atoms with Crippen LogP contribution in [0, 0.1) is 5.92 Å². The standard InChI is InChI=1S/C20H24O5/c1-11(2)3-5-14-17(22)8-7-13(19(14)23)16-10-25-18-9-12(21)4-6-15(18)20(16)24/h3,7-8,10,12,15,18,21-23H,4-6,9H2,1-2H3. The normalized spacial score (nSPS) is 25.6. The number of hydrogen-bond acceptors (Lipinski definition) is 5. The molecule has 0 radical (unpaired) electrons. The second-order valence-corrected chi connectivity index (χ2v) is 7.09. The van der Waals surface area contributed by atoms with E-state index in [2.05, 4.69) is 0 Å². The molecule has 134 valence electrons. The lowest BCUT2D eigenvalue weighted by Crippen LogP contribution is -2.40. The first-order valence-electron chi connectivity index (χ1n) is 8.64. The first-order valence-corrected chi connectivity index (χ1v) is 8.64. The van der Waals surface area contributed by atoms with Crippen molar-refractivity contribution in [3.8, 4) is 11.5 Å². The molecule has 1 saturated carbocycles. The summed E-state index contributed by atoms with van der Waals surface area (Å²) >= 11 is 0. The molecule has 3 rings (SSSR count). The Kier molecular flexibility index (Phi) is 4.86. The van der Waals surface area contributed by atoms with E-state index in [9.17, 15) is 20.1 Å². The van der Waals surface area contributed by atoms with E-state index in [0.29, 0.717) is 42.4 Å². The van der Waals surface area contributed by atoms with Crippen molar-refractivity contribution >= 4 is 11.4 Å². The van der Waals surface area contributed by atoms with Crippen molar-refractivity contribution in [1.82, 2.24) is 0 Å². The number of phenols is 2. The van der Waals surface area contributed by atoms with Crippen molar-refractivity contribution in [3.05, 3.63) is 41.2 Å². The van der Waals surface area contributed by atoms with Gasteiger partial charge in [0.25, 0.3) is 0 Å². The number of ketones is 1. The molecule has 5 nitrogen and oxygen atoms in total. The third-order valence-electron chi connectivity index (χ3n) is 4.99. The summed E-state index contributed by atoms with van der Waals surface area (Å²) in [5.74, 6) is -0.452. The maximum absolute atomic E-state index is 12.9. The van der Waals surface area contributed by atoms with Gasteiger partial charge >= 0.3 is 0 Å². The minimum Gasteiger partial charge on any atom is -0.508 e. The highest BCUT2D eigenvalue weighted by Crippen LogP contribution is 2.41. The van der Waals surface area contributed by atoms with Crippen LogP contribution in [0.4, 0.5) is 0 Å². The van der Waals surface area contributed by atoms with Crippen LogP contribution in [-0.4, -0.2) is 33.3 Å². The zero-order valence-electron chi connectivity index (χ0n) is 14.5. The third kappa shape index (κ3) is 3.42. The molecule has 5 heteroatoms. The monoisotopic (exact) mass is 344 g/mol. The van der Waals surface area contributed by atoms with Crippen LogP contribution in [0.3, 0.4) is 0 Å². The van der Waals surface area contributed by atoms with Gasteiger partial charge in [0, 0.05) is 17.5 Å². The van der Waals surface area contributed by atoms with Gasteiger partial charge in [-0.2, -0.15) is 0 Å². The maximum atomic E-state index is 12.9. The average Bonchev–Trinajstić information content (AvgIpc) is 2.55. The molecule has 3 unspecified atom stereocenters. The topological polar surface area (TPSA) is 87.0 Å². The highest BCUT2D eigenvalue weighted by atomic mass is 16.5. The zero-order valence-corrected chi connectivity index (χ0v) is 14.5. The average molecular weight is 344 g/mol. The molecule has 1 aliphatic heterocycles. The van der Waals surface area contributed by atoms with Crippen molar-refractivity contribution < 1.29 is 24.9 Å². The minimum absolute atomic E-state index is 0.00203. The SMILES string of the molecule is CC(C)=CCc1c(O)ccc(C2=COC3CC(O)CCC3C2=O)c1O. The summed E-state index contributed by atoms with van der Waals surface area (Å²) in [4.78, 5) is 12.9. The lowest BCUT2D eigenvalue weighted by molar-refractivity contribution is -0.126. The number of aliphatic hydroxyl groups is 1. The second-order valence-electron chi connectivity index (χ2n) is 7.09. The molecule has 1 heterocycles. The summed E-state index contributed by atoms with van der Waals surface area (Å²) in [5, 5.41) is 30.4. The maximum Gasteiger partial charge on any atom is 0.173 e. The number of aromatic hydroxyl groups is 2. The van der Waals surface area contributed by atoms with Gasteiger partial charge in [-0.25, -0.2) is 0 Å². The Balaban J connectivity index is 1.95. The minimum atomic E-state index is -0.429. The van der Waals surface area contributed by atoms with Crippen molar-refractivity contribution in [1.29, 1.82) is 0 Å². The van der Waals surface area contributed by atoms with Gasteiger partial charge < -0.3 is 20.1 Å². The molecule has 2 aliphatic rings. The second kappa shape index (κ2) is 6.92. The van der Waals surface area contributed by atoms with E-state index < -0.39 is 6.10 Å². The molecule has 1 aliphatic carbocycles. The van der Waals surface area contributed by atoms with E-state index in [-0.39, 0.29) is 29.3 Å². The van der Waals surface area contributed by atoms with Gasteiger partial charge in [-0.15, -0.1) is 0 Å². The van der Waals surface area contributed by atoms with E-state index in [1.54, 1.807) is 6.07 Å². The van der Waals surface area contributed by atoms with E-state index in [4.69, 9.17) is 4.74 Å². The lowest BCUT2D eigenvalue weighted by Gasteiger charge is -2.36. The number of fused-ring (bicyclic) bond motifs is 1. The van der Waals surface area contributed by atoms with Crippen LogP contribution in [-0.2, 0) is 16.0 Å². The van der Waals surface area contributed by atoms with Gasteiger partial charge in [-0.05, 0) is 45.2 Å². The quantitative estimate of drug-likeness (QED) is 0.734. The number of rotatable bonds is 3. The number of Topliss-reactive ketones (excluding diaryl/α,β-unsaturated/α-hetero) is 1. The van der Waals surface area contributed by atoms with Gasteiger partial charge in [0.2, 0.25) is 0 Å². The molecule has 1 fully saturated rings. The number of phenolic OH excluding ortho intramolecular Hbond substituents is 2. The predicted molar refractivity (Wildman–Crippen MR) is 94.1 cm³/mol. The van der Waals surface area contributed by atoms with E-state index in [1.165, 1.54) is 12.3 Å². The summed E-state index contributed by atoms with van der Waals surface area (Å²) < 4.78 is 5.68. The van der Waals surface area contributed by atoms with Gasteiger partial charge in [0.1, 0.15) is 17.6 Å². The van der Waals surface area contributed by atoms with Crippen LogP contribution < -0.4 is 0 Å². The summed E-state index contributed by atoms with van der Waals surface area (Å²) in [6, 6.07) is 3.04. The number of carbonyl (C=O) groups excluding carboxylic acids is 1. The van der Waals surface area contributed by atoms with Gasteiger partial charge in [-0.3, -0.25) is 4.79 Å². The predicted octanol–water partition coefficient (Wildman–Crippen LogP) is 3.08. The fourth-order valence-electron chi connectivity index (χ4n) is 3.52. The highest BCUT2D eigenvalue weighted by Gasteiger charge is 2.40. The van der Waals surface area contributed by atoms with Crippen LogP contribution in [0.5, 0.6) is 11.5 Å². The smallest absolute Gasteiger partial charge is 0.173 e. The number of benzene rings is 1. The van der Waals surface area contributed by atoms with Gasteiger partial charge in [0.05, 0.1) is 23.9 Å². The first kappa shape index (κ1) is 17.5. The fourth-order valence-corrected chi connectivity index (χ4v) is 3.52. The number of ether oxygens (including phenoxy) is 1. The van der Waals surface area contributed by atoms with Crippen LogP contribution >= 0.6 is 0 Å². The Morgan fingerprint density at radius 3 is 2.76 bits per heavy atom. The zero-order chi connectivity index (χ0) is 18.1. The Morgan fingerprint density at radius 1 is 1.28 bits per heavy atom. The lowest BCUT2D eigenvalue weighted by atomic mass is 9.77. The third-order valence-corrected chi connectivity index (χ3v) is 4.99. The largest absolute Gasteiger partial charge is 0.508 e. The van der Waals surface area contributed by atoms with Crippen molar-refractivity contribution in [2.75, 3.05) is 0 Å². The molecule has 3 atom stereocenters. The molecule has 1 aromatic carbocycles. The molecule has 0 spiro atoms. The number of allylic oxidation sites excluding steroid dienone is 3. The molecule has 0 amide bonds. The van der Waals surface area contributed by atoms with Gasteiger partial charge in [0.15, 0.2) is 5.78 Å². The van der Waals surface area contributed by atoms with Crippen LogP contribution in [0.1, 0.15) is 44.2 Å². The molecule has 0 aromatic heterocycles. The summed E-state index contributed by atoms with van der Waals surface area (Å²) in [6.45, 7) is 3.88. The fraction of sp³-hybridized carbons (Fsp3) is 0.450. The summed E-state index contributed by atoms with van der Waals surface area (Å²) in [6.07, 6.45) is 4.55. The van der Waals surface area contributed by atoms with Crippen molar-refractivity contribution in [2.24, 2.45) is 5.92 Å². The Labute approximate surface area is 147 Å². The Morgan fingerprint density at radius 2 is 2.04 bits per heavy atom. The number of aliphatic hydroxyl groups excluding tert-OH is 1. The van der Waals surface area contributed by atoms with E-state index >= 15 is 0 Å². The van der Waals surface area contributed by atoms with Crippen molar-refractivity contribution in [3.63, 3.8) is 0 Å². The molecule has 0 bridgehead atoms. The molecular formula is C20H24O5. The highest BCUT2D eigenvalue weighted by molar-refractivity contribution is 6.23.